The number of aromatic nitrogens is 3. The number of thiazole rings is 2. The molecule has 11 heteroatoms. The second-order valence-electron chi connectivity index (χ2n) is 9.68. The summed E-state index contributed by atoms with van der Waals surface area (Å²) in [5, 5.41) is 2.62. The van der Waals surface area contributed by atoms with Crippen molar-refractivity contribution in [3.8, 4) is 16.5 Å². The molecule has 0 fully saturated rings. The summed E-state index contributed by atoms with van der Waals surface area (Å²) in [6.07, 6.45) is 4.18. The SMILES string of the molecule is CCCCCCCCOc1ccc(N(C(=O)c2cccnc2)c2nc(-c3nc4ccccc4s3)cs2)cc1C(F)(F)F. The molecule has 3 heterocycles. The summed E-state index contributed by atoms with van der Waals surface area (Å²) in [7, 11) is 0. The largest absolute Gasteiger partial charge is 0.493 e. The highest BCUT2D eigenvalue weighted by atomic mass is 32.1. The van der Waals surface area contributed by atoms with E-state index in [0.29, 0.717) is 17.1 Å². The Kier molecular flexibility index (Phi) is 9.48. The van der Waals surface area contributed by atoms with Gasteiger partial charge in [-0.2, -0.15) is 13.2 Å². The Bertz CT molecular complexity index is 1600. The van der Waals surface area contributed by atoms with Crippen LogP contribution in [0.1, 0.15) is 61.4 Å². The fourth-order valence-electron chi connectivity index (χ4n) is 4.45. The highest BCUT2D eigenvalue weighted by Crippen LogP contribution is 2.42. The fourth-order valence-corrected chi connectivity index (χ4v) is 6.28. The van der Waals surface area contributed by atoms with Crippen LogP contribution in [-0.2, 0) is 6.18 Å². The number of amides is 1. The number of nitrogens with zero attached hydrogens (tertiary/aromatic N) is 4. The Morgan fingerprint density at radius 1 is 0.976 bits per heavy atom. The quantitative estimate of drug-likeness (QED) is 0.132. The Morgan fingerprint density at radius 3 is 2.55 bits per heavy atom. The van der Waals surface area contributed by atoms with E-state index >= 15 is 0 Å². The van der Waals surface area contributed by atoms with E-state index in [0.717, 1.165) is 59.7 Å². The maximum atomic E-state index is 14.2. The third-order valence-electron chi connectivity index (χ3n) is 6.59. The standard InChI is InChI=1S/C31H29F3N4O2S2/c1-2-3-4-5-6-9-17-40-26-15-14-22(18-23(26)31(32,33)34)38(29(39)21-11-10-16-35-19-21)30-37-25(20-41-30)28-36-24-12-7-8-13-27(24)42-28/h7-8,10-16,18-20H,2-6,9,17H2,1H3. The highest BCUT2D eigenvalue weighted by Gasteiger charge is 2.36. The van der Waals surface area contributed by atoms with Gasteiger partial charge < -0.3 is 4.74 Å². The molecule has 218 valence electrons. The predicted molar refractivity (Wildman–Crippen MR) is 162 cm³/mol. The van der Waals surface area contributed by atoms with Crippen LogP contribution < -0.4 is 9.64 Å². The minimum absolute atomic E-state index is 0.0216. The van der Waals surface area contributed by atoms with Gasteiger partial charge >= 0.3 is 6.18 Å². The predicted octanol–water partition coefficient (Wildman–Crippen LogP) is 9.55. The van der Waals surface area contributed by atoms with Gasteiger partial charge in [-0.1, -0.05) is 51.2 Å². The maximum Gasteiger partial charge on any atom is 0.420 e. The second-order valence-corrected chi connectivity index (χ2v) is 11.5. The first-order valence-electron chi connectivity index (χ1n) is 13.7. The first kappa shape index (κ1) is 29.7. The number of pyridine rings is 1. The number of ether oxygens (including phenoxy) is 1. The number of halogens is 3. The van der Waals surface area contributed by atoms with Crippen LogP contribution in [0.2, 0.25) is 0 Å². The van der Waals surface area contributed by atoms with Crippen molar-refractivity contribution in [1.82, 2.24) is 15.0 Å². The third kappa shape index (κ3) is 6.96. The lowest BCUT2D eigenvalue weighted by atomic mass is 10.1. The summed E-state index contributed by atoms with van der Waals surface area (Å²) in [6.45, 7) is 2.32. The Balaban J connectivity index is 1.47. The molecule has 42 heavy (non-hydrogen) atoms. The average Bonchev–Trinajstić information content (AvgIpc) is 3.65. The van der Waals surface area contributed by atoms with E-state index < -0.39 is 17.6 Å². The number of para-hydroxylation sites is 1. The van der Waals surface area contributed by atoms with Crippen molar-refractivity contribution in [2.45, 2.75) is 51.6 Å². The molecule has 0 N–H and O–H groups in total. The van der Waals surface area contributed by atoms with Crippen LogP contribution in [0.25, 0.3) is 20.9 Å². The zero-order chi connectivity index (χ0) is 29.5. The third-order valence-corrected chi connectivity index (χ3v) is 8.47. The van der Waals surface area contributed by atoms with E-state index in [2.05, 4.69) is 21.9 Å². The van der Waals surface area contributed by atoms with Crippen molar-refractivity contribution in [2.75, 3.05) is 11.5 Å². The van der Waals surface area contributed by atoms with Crippen LogP contribution in [0.4, 0.5) is 24.0 Å². The molecule has 0 radical (unpaired) electrons. The van der Waals surface area contributed by atoms with E-state index in [9.17, 15) is 18.0 Å². The maximum absolute atomic E-state index is 14.2. The molecule has 0 spiro atoms. The summed E-state index contributed by atoms with van der Waals surface area (Å²) < 4.78 is 49.3. The Morgan fingerprint density at radius 2 is 1.79 bits per heavy atom. The lowest BCUT2D eigenvalue weighted by molar-refractivity contribution is -0.138. The van der Waals surface area contributed by atoms with E-state index in [1.807, 2.05) is 24.3 Å². The van der Waals surface area contributed by atoms with Gasteiger partial charge in [-0.3, -0.25) is 14.7 Å². The number of benzene rings is 2. The Labute approximate surface area is 249 Å². The zero-order valence-electron chi connectivity index (χ0n) is 22.9. The molecule has 0 aliphatic rings. The normalized spacial score (nSPS) is 11.6. The first-order valence-corrected chi connectivity index (χ1v) is 15.4. The minimum Gasteiger partial charge on any atom is -0.493 e. The summed E-state index contributed by atoms with van der Waals surface area (Å²) in [6, 6.07) is 14.5. The number of hydrogen-bond acceptors (Lipinski definition) is 7. The molecule has 2 aromatic carbocycles. The summed E-state index contributed by atoms with van der Waals surface area (Å²) in [5.41, 5.74) is 0.647. The first-order chi connectivity index (χ1) is 20.3. The van der Waals surface area contributed by atoms with Gasteiger partial charge in [0.05, 0.1) is 33.6 Å². The lowest BCUT2D eigenvalue weighted by Gasteiger charge is -2.22. The van der Waals surface area contributed by atoms with Crippen LogP contribution >= 0.6 is 22.7 Å². The molecule has 1 amide bonds. The molecule has 0 atom stereocenters. The van der Waals surface area contributed by atoms with Crippen molar-refractivity contribution < 1.29 is 22.7 Å². The smallest absolute Gasteiger partial charge is 0.420 e. The lowest BCUT2D eigenvalue weighted by Crippen LogP contribution is -2.26. The monoisotopic (exact) mass is 610 g/mol. The number of fused-ring (bicyclic) bond motifs is 1. The van der Waals surface area contributed by atoms with Gasteiger partial charge in [0.1, 0.15) is 16.5 Å². The van der Waals surface area contributed by atoms with Crippen molar-refractivity contribution in [3.63, 3.8) is 0 Å². The molecule has 6 nitrogen and oxygen atoms in total. The van der Waals surface area contributed by atoms with Gasteiger partial charge in [0.25, 0.3) is 5.91 Å². The molecule has 0 bridgehead atoms. The number of alkyl halides is 3. The van der Waals surface area contributed by atoms with Crippen LogP contribution in [0.3, 0.4) is 0 Å². The number of carbonyl (C=O) groups is 1. The molecule has 0 aliphatic heterocycles. The summed E-state index contributed by atoms with van der Waals surface area (Å²) in [4.78, 5) is 28.2. The number of anilines is 2. The van der Waals surface area contributed by atoms with Gasteiger partial charge in [-0.15, -0.1) is 22.7 Å². The van der Waals surface area contributed by atoms with E-state index in [4.69, 9.17) is 4.74 Å². The van der Waals surface area contributed by atoms with Crippen LogP contribution in [0.15, 0.2) is 72.4 Å². The molecular formula is C31H29F3N4O2S2. The number of unbranched alkanes of at least 4 members (excludes halogenated alkanes) is 5. The zero-order valence-corrected chi connectivity index (χ0v) is 24.6. The average molecular weight is 611 g/mol. The molecule has 0 saturated heterocycles. The van der Waals surface area contributed by atoms with Gasteiger partial charge in [0.2, 0.25) is 0 Å². The van der Waals surface area contributed by atoms with E-state index in [1.54, 1.807) is 17.5 Å². The van der Waals surface area contributed by atoms with Crippen molar-refractivity contribution in [3.05, 3.63) is 83.5 Å². The topological polar surface area (TPSA) is 68.2 Å². The van der Waals surface area contributed by atoms with Gasteiger partial charge in [0.15, 0.2) is 5.13 Å². The molecule has 5 aromatic rings. The fraction of sp³-hybridized carbons (Fsp3) is 0.290. The van der Waals surface area contributed by atoms with E-state index in [-0.39, 0.29) is 28.7 Å². The molecule has 0 saturated carbocycles. The molecule has 5 rings (SSSR count). The number of rotatable bonds is 12. The van der Waals surface area contributed by atoms with Crippen LogP contribution in [0, 0.1) is 0 Å². The molecular weight excluding hydrogens is 581 g/mol. The van der Waals surface area contributed by atoms with E-state index in [1.165, 1.54) is 40.8 Å². The minimum atomic E-state index is -4.69. The van der Waals surface area contributed by atoms with Crippen molar-refractivity contribution in [1.29, 1.82) is 0 Å². The summed E-state index contributed by atoms with van der Waals surface area (Å²) in [5.74, 6) is -0.815. The molecule has 0 aliphatic carbocycles. The van der Waals surface area contributed by atoms with Crippen molar-refractivity contribution >= 4 is 49.6 Å². The molecule has 3 aromatic heterocycles. The van der Waals surface area contributed by atoms with Gasteiger partial charge in [-0.05, 0) is 48.9 Å². The number of hydrogen-bond donors (Lipinski definition) is 0. The van der Waals surface area contributed by atoms with Gasteiger partial charge in [0, 0.05) is 17.8 Å². The van der Waals surface area contributed by atoms with Gasteiger partial charge in [-0.25, -0.2) is 9.97 Å². The second kappa shape index (κ2) is 13.4. The van der Waals surface area contributed by atoms with Crippen molar-refractivity contribution in [2.24, 2.45) is 0 Å². The summed E-state index contributed by atoms with van der Waals surface area (Å²) >= 11 is 2.60. The number of carbonyl (C=O) groups excluding carboxylic acids is 1. The molecule has 0 unspecified atom stereocenters. The van der Waals surface area contributed by atoms with Crippen LogP contribution in [0.5, 0.6) is 5.75 Å². The van der Waals surface area contributed by atoms with Crippen LogP contribution in [-0.4, -0.2) is 27.5 Å². The highest BCUT2D eigenvalue weighted by molar-refractivity contribution is 7.22. The Hall–Kier alpha value is -3.83.